The molecule has 3 aromatic rings. The Labute approximate surface area is 148 Å². The molecule has 0 aliphatic heterocycles. The maximum Gasteiger partial charge on any atom is 0.271 e. The van der Waals surface area contributed by atoms with Crippen molar-refractivity contribution in [2.75, 3.05) is 0 Å². The van der Waals surface area contributed by atoms with Crippen molar-refractivity contribution in [3.63, 3.8) is 0 Å². The molecule has 0 bridgehead atoms. The van der Waals surface area contributed by atoms with E-state index in [1.165, 1.54) is 18.3 Å². The summed E-state index contributed by atoms with van der Waals surface area (Å²) >= 11 is 0. The van der Waals surface area contributed by atoms with Gasteiger partial charge in [-0.05, 0) is 41.5 Å². The normalized spacial score (nSPS) is 10.8. The highest BCUT2D eigenvalue weighted by Gasteiger charge is 2.06. The van der Waals surface area contributed by atoms with E-state index < -0.39 is 4.92 Å². The fourth-order valence-corrected chi connectivity index (χ4v) is 2.30. The quantitative estimate of drug-likeness (QED) is 0.420. The van der Waals surface area contributed by atoms with Gasteiger partial charge in [0.1, 0.15) is 0 Å². The molecule has 0 radical (unpaired) electrons. The lowest BCUT2D eigenvalue weighted by molar-refractivity contribution is -0.384. The number of benzene rings is 2. The van der Waals surface area contributed by atoms with Gasteiger partial charge in [0.25, 0.3) is 11.6 Å². The average molecular weight is 349 g/mol. The number of aromatic nitrogens is 2. The van der Waals surface area contributed by atoms with Gasteiger partial charge >= 0.3 is 0 Å². The van der Waals surface area contributed by atoms with Gasteiger partial charge in [-0.15, -0.1) is 0 Å². The van der Waals surface area contributed by atoms with Crippen LogP contribution in [0.1, 0.15) is 21.5 Å². The Bertz CT molecular complexity index is 934. The highest BCUT2D eigenvalue weighted by atomic mass is 16.6. The number of rotatable bonds is 6. The molecule has 26 heavy (non-hydrogen) atoms. The number of non-ortho nitro benzene ring substituents is 1. The SMILES string of the molecule is O=C(NN=Cc1ccc([N+](=O)[O-])cc1)c1cccc(Cn2cccn2)c1. The van der Waals surface area contributed by atoms with Crippen molar-refractivity contribution in [3.05, 3.63) is 93.8 Å². The second kappa shape index (κ2) is 7.84. The molecule has 1 N–H and O–H groups in total. The standard InChI is InChI=1S/C18H15N5O3/c24-18(21-19-12-14-5-7-17(8-6-14)23(25)26)16-4-1-3-15(11-16)13-22-10-2-9-20-22/h1-12H,13H2,(H,21,24). The predicted molar refractivity (Wildman–Crippen MR) is 95.9 cm³/mol. The van der Waals surface area contributed by atoms with Gasteiger partial charge in [0.2, 0.25) is 0 Å². The first-order valence-corrected chi connectivity index (χ1v) is 7.76. The smallest absolute Gasteiger partial charge is 0.268 e. The number of hydrogen-bond acceptors (Lipinski definition) is 5. The van der Waals surface area contributed by atoms with Gasteiger partial charge in [0.15, 0.2) is 0 Å². The number of nitro benzene ring substituents is 1. The van der Waals surface area contributed by atoms with E-state index in [2.05, 4.69) is 15.6 Å². The van der Waals surface area contributed by atoms with Crippen molar-refractivity contribution in [2.24, 2.45) is 5.10 Å². The van der Waals surface area contributed by atoms with Crippen molar-refractivity contribution in [2.45, 2.75) is 6.54 Å². The van der Waals surface area contributed by atoms with Crippen LogP contribution in [0.2, 0.25) is 0 Å². The van der Waals surface area contributed by atoms with Crippen LogP contribution in [0.3, 0.4) is 0 Å². The number of nitro groups is 1. The van der Waals surface area contributed by atoms with Gasteiger partial charge in [0.05, 0.1) is 17.7 Å². The molecule has 0 spiro atoms. The summed E-state index contributed by atoms with van der Waals surface area (Å²) < 4.78 is 1.77. The van der Waals surface area contributed by atoms with Crippen molar-refractivity contribution >= 4 is 17.8 Å². The minimum atomic E-state index is -0.473. The molecule has 0 saturated heterocycles. The van der Waals surface area contributed by atoms with Crippen molar-refractivity contribution in [3.8, 4) is 0 Å². The summed E-state index contributed by atoms with van der Waals surface area (Å²) in [6.45, 7) is 0.570. The first-order chi connectivity index (χ1) is 12.6. The second-order valence-corrected chi connectivity index (χ2v) is 5.45. The molecule has 2 aromatic carbocycles. The third-order valence-corrected chi connectivity index (χ3v) is 3.58. The number of amides is 1. The van der Waals surface area contributed by atoms with Crippen LogP contribution >= 0.6 is 0 Å². The third-order valence-electron chi connectivity index (χ3n) is 3.58. The Morgan fingerprint density at radius 1 is 1.23 bits per heavy atom. The van der Waals surface area contributed by atoms with Crippen molar-refractivity contribution in [1.29, 1.82) is 0 Å². The Hall–Kier alpha value is -3.81. The van der Waals surface area contributed by atoms with E-state index >= 15 is 0 Å². The summed E-state index contributed by atoms with van der Waals surface area (Å²) in [5.41, 5.74) is 4.51. The Morgan fingerprint density at radius 2 is 2.04 bits per heavy atom. The van der Waals surface area contributed by atoms with E-state index in [1.54, 1.807) is 41.2 Å². The summed E-state index contributed by atoms with van der Waals surface area (Å²) in [7, 11) is 0. The fraction of sp³-hybridized carbons (Fsp3) is 0.0556. The largest absolute Gasteiger partial charge is 0.271 e. The van der Waals surface area contributed by atoms with Gasteiger partial charge in [-0.2, -0.15) is 10.2 Å². The van der Waals surface area contributed by atoms with Crippen molar-refractivity contribution < 1.29 is 9.72 Å². The zero-order valence-corrected chi connectivity index (χ0v) is 13.6. The number of hydrogen-bond donors (Lipinski definition) is 1. The highest BCUT2D eigenvalue weighted by Crippen LogP contribution is 2.10. The monoisotopic (exact) mass is 349 g/mol. The number of nitrogens with zero attached hydrogens (tertiary/aromatic N) is 4. The molecule has 8 heteroatoms. The van der Waals surface area contributed by atoms with E-state index in [0.717, 1.165) is 5.56 Å². The van der Waals surface area contributed by atoms with E-state index in [-0.39, 0.29) is 11.6 Å². The Kier molecular flexibility index (Phi) is 5.14. The van der Waals surface area contributed by atoms with E-state index in [1.807, 2.05) is 18.3 Å². The summed E-state index contributed by atoms with van der Waals surface area (Å²) in [4.78, 5) is 22.3. The van der Waals surface area contributed by atoms with Crippen molar-refractivity contribution in [1.82, 2.24) is 15.2 Å². The minimum Gasteiger partial charge on any atom is -0.268 e. The van der Waals surface area contributed by atoms with E-state index in [4.69, 9.17) is 0 Å². The molecular weight excluding hydrogens is 334 g/mol. The van der Waals surface area contributed by atoms with Gasteiger partial charge < -0.3 is 0 Å². The molecule has 1 heterocycles. The molecule has 0 aliphatic rings. The number of hydrazone groups is 1. The first-order valence-electron chi connectivity index (χ1n) is 7.76. The molecule has 0 unspecified atom stereocenters. The molecule has 3 rings (SSSR count). The van der Waals surface area contributed by atoms with Crippen LogP contribution in [0.4, 0.5) is 5.69 Å². The lowest BCUT2D eigenvalue weighted by Gasteiger charge is -2.05. The molecule has 1 amide bonds. The van der Waals surface area contributed by atoms with Crippen LogP contribution in [-0.2, 0) is 6.54 Å². The summed E-state index contributed by atoms with van der Waals surface area (Å²) in [5, 5.41) is 18.6. The molecule has 1 aromatic heterocycles. The first kappa shape index (κ1) is 17.0. The van der Waals surface area contributed by atoms with Crippen LogP contribution in [0, 0.1) is 10.1 Å². The van der Waals surface area contributed by atoms with Gasteiger partial charge in [-0.1, -0.05) is 12.1 Å². The molecule has 8 nitrogen and oxygen atoms in total. The van der Waals surface area contributed by atoms with Crippen LogP contribution in [0.25, 0.3) is 0 Å². The number of carbonyl (C=O) groups is 1. The summed E-state index contributed by atoms with van der Waals surface area (Å²) in [6, 6.07) is 14.9. The molecule has 0 saturated carbocycles. The van der Waals surface area contributed by atoms with E-state index in [9.17, 15) is 14.9 Å². The molecule has 0 fully saturated rings. The molecule has 0 atom stereocenters. The Morgan fingerprint density at radius 3 is 2.73 bits per heavy atom. The maximum absolute atomic E-state index is 12.2. The molecule has 130 valence electrons. The predicted octanol–water partition coefficient (Wildman–Crippen LogP) is 2.60. The van der Waals surface area contributed by atoms with Crippen LogP contribution < -0.4 is 5.43 Å². The molecular formula is C18H15N5O3. The average Bonchev–Trinajstić information content (AvgIpc) is 3.15. The van der Waals surface area contributed by atoms with Gasteiger partial charge in [-0.25, -0.2) is 5.43 Å². The lowest BCUT2D eigenvalue weighted by atomic mass is 10.1. The van der Waals surface area contributed by atoms with Crippen LogP contribution in [-0.4, -0.2) is 26.8 Å². The van der Waals surface area contributed by atoms with Gasteiger partial charge in [0, 0.05) is 30.1 Å². The lowest BCUT2D eigenvalue weighted by Crippen LogP contribution is -2.18. The number of carbonyl (C=O) groups excluding carboxylic acids is 1. The second-order valence-electron chi connectivity index (χ2n) is 5.45. The fourth-order valence-electron chi connectivity index (χ4n) is 2.30. The van der Waals surface area contributed by atoms with Crippen LogP contribution in [0.15, 0.2) is 72.1 Å². The summed E-state index contributed by atoms with van der Waals surface area (Å²) in [6.07, 6.45) is 4.97. The Balaban J connectivity index is 1.61. The zero-order valence-electron chi connectivity index (χ0n) is 13.6. The summed E-state index contributed by atoms with van der Waals surface area (Å²) in [5.74, 6) is -0.342. The minimum absolute atomic E-state index is 0.000169. The van der Waals surface area contributed by atoms with E-state index in [0.29, 0.717) is 17.7 Å². The zero-order chi connectivity index (χ0) is 18.4. The molecule has 0 aliphatic carbocycles. The highest BCUT2D eigenvalue weighted by molar-refractivity contribution is 5.95. The van der Waals surface area contributed by atoms with Crippen LogP contribution in [0.5, 0.6) is 0 Å². The maximum atomic E-state index is 12.2. The van der Waals surface area contributed by atoms with Gasteiger partial charge in [-0.3, -0.25) is 19.6 Å². The topological polar surface area (TPSA) is 102 Å². The number of nitrogens with one attached hydrogen (secondary N) is 1. The third kappa shape index (κ3) is 4.38.